The number of sulfonamides is 1. The number of anilines is 1. The Kier molecular flexibility index (Phi) is 6.75. The summed E-state index contributed by atoms with van der Waals surface area (Å²) in [4.78, 5) is 25.7. The monoisotopic (exact) mass is 526 g/mol. The lowest BCUT2D eigenvalue weighted by Crippen LogP contribution is -2.25. The molecule has 0 radical (unpaired) electrons. The van der Waals surface area contributed by atoms with E-state index < -0.39 is 10.0 Å². The molecule has 3 heterocycles. The van der Waals surface area contributed by atoms with Gasteiger partial charge in [0.15, 0.2) is 0 Å². The molecule has 0 saturated carbocycles. The number of carbonyl (C=O) groups excluding carboxylic acids is 1. The average molecular weight is 527 g/mol. The molecule has 0 bridgehead atoms. The highest BCUT2D eigenvalue weighted by atomic mass is 32.2. The van der Waals surface area contributed by atoms with E-state index in [1.807, 2.05) is 37.3 Å². The Morgan fingerprint density at radius 1 is 1.05 bits per heavy atom. The van der Waals surface area contributed by atoms with E-state index in [2.05, 4.69) is 26.3 Å². The van der Waals surface area contributed by atoms with E-state index in [0.29, 0.717) is 52.9 Å². The van der Waals surface area contributed by atoms with Crippen LogP contribution in [0.4, 0.5) is 5.82 Å². The Balaban J connectivity index is 1.32. The predicted octanol–water partition coefficient (Wildman–Crippen LogP) is 3.08. The van der Waals surface area contributed by atoms with E-state index in [-0.39, 0.29) is 10.8 Å². The molecule has 1 amide bonds. The maximum Gasteiger partial charge on any atom is 0.251 e. The minimum Gasteiger partial charge on any atom is -0.383 e. The van der Waals surface area contributed by atoms with E-state index in [4.69, 9.17) is 10.9 Å². The molecule has 3 aromatic heterocycles. The van der Waals surface area contributed by atoms with Crippen molar-refractivity contribution >= 4 is 38.7 Å². The van der Waals surface area contributed by atoms with Crippen molar-refractivity contribution in [2.45, 2.75) is 24.7 Å². The Morgan fingerprint density at radius 2 is 1.87 bits per heavy atom. The number of nitrogens with zero attached hydrogens (tertiary/aromatic N) is 3. The fourth-order valence-electron chi connectivity index (χ4n) is 4.45. The second-order valence-corrected chi connectivity index (χ2v) is 10.7. The summed E-state index contributed by atoms with van der Waals surface area (Å²) in [6.07, 6.45) is 11.8. The maximum atomic E-state index is 12.9. The number of hydrogen-bond acceptors (Lipinski definition) is 7. The summed E-state index contributed by atoms with van der Waals surface area (Å²) < 4.78 is 24.5. The first-order valence-electron chi connectivity index (χ1n) is 11.9. The second-order valence-electron chi connectivity index (χ2n) is 9.20. The maximum absolute atomic E-state index is 12.9. The summed E-state index contributed by atoms with van der Waals surface area (Å²) in [6.45, 7) is 2.23. The number of primary sulfonamides is 1. The van der Waals surface area contributed by atoms with Gasteiger partial charge in [0.2, 0.25) is 10.0 Å². The molecule has 9 nitrogen and oxygen atoms in total. The molecule has 0 fully saturated rings. The number of nitrogens with two attached hydrogens (primary N) is 2. The van der Waals surface area contributed by atoms with Crippen LogP contribution in [-0.4, -0.2) is 35.8 Å². The lowest BCUT2D eigenvalue weighted by molar-refractivity contribution is 0.0957. The van der Waals surface area contributed by atoms with Crippen LogP contribution in [0.5, 0.6) is 0 Å². The molecule has 1 aliphatic carbocycles. The van der Waals surface area contributed by atoms with Crippen LogP contribution < -0.4 is 16.2 Å². The SMILES string of the molecule is Cc1cnc2c(S(N)(=O)=O)cc(Cc3cc(C(=O)NCC4=CCc5ccnc(N)c5C=C4)ccn3)cc2c1. The third kappa shape index (κ3) is 5.46. The standard InChI is InChI=1S/C28H26N6O3S/c1-17-10-22-11-19(13-25(38(30,36)37)26(22)33-15-17)12-23-14-21(7-8-31-23)28(35)34-16-18-2-4-20-6-9-32-27(29)24(20)5-3-18/h2-3,5-11,13-15H,4,12,16H2,1H3,(H2,29,32)(H,34,35)(H2,30,36,37). The van der Waals surface area contributed by atoms with E-state index in [9.17, 15) is 13.2 Å². The van der Waals surface area contributed by atoms with Gasteiger partial charge in [0.25, 0.3) is 5.91 Å². The molecule has 192 valence electrons. The zero-order valence-corrected chi connectivity index (χ0v) is 21.5. The number of hydrogen-bond donors (Lipinski definition) is 3. The summed E-state index contributed by atoms with van der Waals surface area (Å²) in [5.41, 5.74) is 11.9. The Labute approximate surface area is 220 Å². The molecule has 0 saturated heterocycles. The summed E-state index contributed by atoms with van der Waals surface area (Å²) >= 11 is 0. The quantitative estimate of drug-likeness (QED) is 0.349. The minimum atomic E-state index is -3.99. The van der Waals surface area contributed by atoms with Crippen LogP contribution in [0.2, 0.25) is 0 Å². The van der Waals surface area contributed by atoms with Crippen molar-refractivity contribution in [1.82, 2.24) is 20.3 Å². The first-order chi connectivity index (χ1) is 18.2. The number of amides is 1. The van der Waals surface area contributed by atoms with Crippen molar-refractivity contribution in [1.29, 1.82) is 0 Å². The summed E-state index contributed by atoms with van der Waals surface area (Å²) in [5, 5.41) is 9.09. The molecule has 0 atom stereocenters. The third-order valence-electron chi connectivity index (χ3n) is 6.33. The summed E-state index contributed by atoms with van der Waals surface area (Å²) in [5.74, 6) is 0.241. The van der Waals surface area contributed by atoms with Gasteiger partial charge >= 0.3 is 0 Å². The van der Waals surface area contributed by atoms with Crippen molar-refractivity contribution in [2.24, 2.45) is 5.14 Å². The number of aromatic nitrogens is 3. The van der Waals surface area contributed by atoms with Crippen LogP contribution in [0.3, 0.4) is 0 Å². The molecule has 38 heavy (non-hydrogen) atoms. The van der Waals surface area contributed by atoms with Gasteiger partial charge in [-0.25, -0.2) is 18.5 Å². The number of allylic oxidation sites excluding steroid dienone is 1. The van der Waals surface area contributed by atoms with E-state index >= 15 is 0 Å². The minimum absolute atomic E-state index is 0.0386. The van der Waals surface area contributed by atoms with Gasteiger partial charge in [-0.15, -0.1) is 0 Å². The van der Waals surface area contributed by atoms with Gasteiger partial charge < -0.3 is 11.1 Å². The van der Waals surface area contributed by atoms with Crippen LogP contribution in [0, 0.1) is 6.92 Å². The topological polar surface area (TPSA) is 154 Å². The third-order valence-corrected chi connectivity index (χ3v) is 7.25. The smallest absolute Gasteiger partial charge is 0.251 e. The second kappa shape index (κ2) is 10.2. The highest BCUT2D eigenvalue weighted by Crippen LogP contribution is 2.25. The lowest BCUT2D eigenvalue weighted by atomic mass is 10.0. The van der Waals surface area contributed by atoms with E-state index in [1.165, 1.54) is 6.07 Å². The molecule has 10 heteroatoms. The van der Waals surface area contributed by atoms with Gasteiger partial charge in [0.1, 0.15) is 10.7 Å². The van der Waals surface area contributed by atoms with Crippen molar-refractivity contribution in [3.05, 3.63) is 106 Å². The number of aryl methyl sites for hydroxylation is 1. The van der Waals surface area contributed by atoms with E-state index in [0.717, 1.165) is 22.3 Å². The fourth-order valence-corrected chi connectivity index (χ4v) is 5.20. The van der Waals surface area contributed by atoms with Crippen molar-refractivity contribution in [2.75, 3.05) is 12.3 Å². The Bertz CT molecular complexity index is 1750. The first-order valence-corrected chi connectivity index (χ1v) is 13.5. The highest BCUT2D eigenvalue weighted by Gasteiger charge is 2.17. The average Bonchev–Trinajstić information content (AvgIpc) is 3.09. The number of nitrogens with one attached hydrogen (secondary N) is 1. The van der Waals surface area contributed by atoms with Gasteiger partial charge in [-0.2, -0.15) is 0 Å². The number of pyridine rings is 3. The molecule has 1 aliphatic rings. The van der Waals surface area contributed by atoms with Crippen LogP contribution in [0.1, 0.15) is 38.3 Å². The fraction of sp³-hybridized carbons (Fsp3) is 0.143. The molecule has 0 unspecified atom stereocenters. The first kappa shape index (κ1) is 25.2. The molecular formula is C28H26N6O3S. The van der Waals surface area contributed by atoms with Crippen molar-refractivity contribution < 1.29 is 13.2 Å². The normalized spacial score (nSPS) is 13.1. The zero-order chi connectivity index (χ0) is 26.9. The van der Waals surface area contributed by atoms with E-state index in [1.54, 1.807) is 30.7 Å². The molecule has 0 aliphatic heterocycles. The molecule has 0 spiro atoms. The number of nitrogen functional groups attached to an aromatic ring is 1. The summed E-state index contributed by atoms with van der Waals surface area (Å²) in [7, 11) is -3.99. The lowest BCUT2D eigenvalue weighted by Gasteiger charge is -2.10. The van der Waals surface area contributed by atoms with Gasteiger partial charge in [-0.1, -0.05) is 18.2 Å². The van der Waals surface area contributed by atoms with Crippen LogP contribution in [0.15, 0.2) is 77.6 Å². The van der Waals surface area contributed by atoms with Gasteiger partial charge in [0, 0.05) is 53.8 Å². The predicted molar refractivity (Wildman–Crippen MR) is 147 cm³/mol. The van der Waals surface area contributed by atoms with Crippen LogP contribution in [0.25, 0.3) is 17.0 Å². The molecule has 5 N–H and O–H groups in total. The van der Waals surface area contributed by atoms with Crippen molar-refractivity contribution in [3.8, 4) is 0 Å². The number of rotatable bonds is 6. The van der Waals surface area contributed by atoms with Crippen LogP contribution >= 0.6 is 0 Å². The van der Waals surface area contributed by atoms with Gasteiger partial charge in [-0.3, -0.25) is 14.8 Å². The molecule has 1 aromatic carbocycles. The summed E-state index contributed by atoms with van der Waals surface area (Å²) in [6, 6.07) is 10.5. The van der Waals surface area contributed by atoms with Gasteiger partial charge in [-0.05, 0) is 72.0 Å². The molecule has 4 aromatic rings. The molecular weight excluding hydrogens is 500 g/mol. The highest BCUT2D eigenvalue weighted by molar-refractivity contribution is 7.89. The largest absolute Gasteiger partial charge is 0.383 e. The van der Waals surface area contributed by atoms with Crippen LogP contribution in [-0.2, 0) is 22.9 Å². The molecule has 5 rings (SSSR count). The number of carbonyl (C=O) groups is 1. The van der Waals surface area contributed by atoms with Gasteiger partial charge in [0.05, 0.1) is 5.52 Å². The Hall–Kier alpha value is -4.41. The number of fused-ring (bicyclic) bond motifs is 2. The zero-order valence-electron chi connectivity index (χ0n) is 20.7. The number of benzene rings is 1. The Morgan fingerprint density at radius 3 is 2.68 bits per heavy atom. The van der Waals surface area contributed by atoms with Crippen molar-refractivity contribution in [3.63, 3.8) is 0 Å².